The molecule has 0 bridgehead atoms. The molecule has 1 aromatic carbocycles. The Kier molecular flexibility index (Phi) is 8.37. The van der Waals surface area contributed by atoms with Gasteiger partial charge in [-0.2, -0.15) is 0 Å². The number of hydrogen-bond donors (Lipinski definition) is 2. The van der Waals surface area contributed by atoms with E-state index in [0.717, 1.165) is 19.4 Å². The number of thioether (sulfide) groups is 1. The zero-order chi connectivity index (χ0) is 23.8. The maximum absolute atomic E-state index is 13.1. The van der Waals surface area contributed by atoms with Crippen LogP contribution in [0.1, 0.15) is 31.4 Å². The molecule has 9 nitrogen and oxygen atoms in total. The molecule has 0 aliphatic carbocycles. The molecule has 1 aliphatic heterocycles. The van der Waals surface area contributed by atoms with Crippen molar-refractivity contribution in [3.63, 3.8) is 0 Å². The van der Waals surface area contributed by atoms with Crippen molar-refractivity contribution in [2.75, 3.05) is 18.9 Å². The van der Waals surface area contributed by atoms with Crippen LogP contribution >= 0.6 is 11.8 Å². The number of ether oxygens (including phenoxy) is 1. The van der Waals surface area contributed by atoms with Gasteiger partial charge in [-0.05, 0) is 43.5 Å². The number of hydrogen-bond acceptors (Lipinski definition) is 7. The standard InChI is InChI=1S/C24H28N4O5S/c29-21(25-14-17-6-4-12-32-17)10-3-11-28-23(31)19-8-1-2-9-20(19)27-24(28)34-16-22(30)26-15-18-7-5-13-33-18/h1-2,4,6,8-9,12,18H,3,5,7,10-11,13-16H2,(H,25,29)(H,26,30). The summed E-state index contributed by atoms with van der Waals surface area (Å²) in [5, 5.41) is 6.67. The van der Waals surface area contributed by atoms with Gasteiger partial charge in [-0.3, -0.25) is 19.0 Å². The molecular formula is C24H28N4O5S. The summed E-state index contributed by atoms with van der Waals surface area (Å²) in [6.07, 6.45) is 4.32. The quantitative estimate of drug-likeness (QED) is 0.317. The van der Waals surface area contributed by atoms with E-state index in [-0.39, 0.29) is 35.7 Å². The van der Waals surface area contributed by atoms with Crippen LogP contribution < -0.4 is 16.2 Å². The third-order valence-electron chi connectivity index (χ3n) is 5.54. The van der Waals surface area contributed by atoms with Gasteiger partial charge in [0, 0.05) is 26.1 Å². The van der Waals surface area contributed by atoms with Crippen molar-refractivity contribution in [1.29, 1.82) is 0 Å². The largest absolute Gasteiger partial charge is 0.467 e. The second-order valence-electron chi connectivity index (χ2n) is 8.06. The van der Waals surface area contributed by atoms with Gasteiger partial charge in [-0.1, -0.05) is 23.9 Å². The predicted molar refractivity (Wildman–Crippen MR) is 128 cm³/mol. The predicted octanol–water partition coefficient (Wildman–Crippen LogP) is 2.47. The molecular weight excluding hydrogens is 456 g/mol. The SMILES string of the molecule is O=C(CCCn1c(SCC(=O)NCC2CCCO2)nc2ccccc2c1=O)NCc1ccco1. The molecule has 1 saturated heterocycles. The average Bonchev–Trinajstić information content (AvgIpc) is 3.56. The van der Waals surface area contributed by atoms with E-state index in [1.807, 2.05) is 6.07 Å². The first-order valence-corrected chi connectivity index (χ1v) is 12.4. The zero-order valence-corrected chi connectivity index (χ0v) is 19.6. The lowest BCUT2D eigenvalue weighted by atomic mass is 10.2. The van der Waals surface area contributed by atoms with Crippen LogP contribution in [0.4, 0.5) is 0 Å². The average molecular weight is 485 g/mol. The van der Waals surface area contributed by atoms with Crippen LogP contribution in [0, 0.1) is 0 Å². The number of carbonyl (C=O) groups is 2. The number of furan rings is 1. The molecule has 1 aliphatic rings. The Labute approximate surface area is 201 Å². The van der Waals surface area contributed by atoms with Crippen LogP contribution in [-0.2, 0) is 27.4 Å². The molecule has 1 fully saturated rings. The number of amides is 2. The van der Waals surface area contributed by atoms with Gasteiger partial charge < -0.3 is 19.8 Å². The van der Waals surface area contributed by atoms with E-state index in [0.29, 0.717) is 47.9 Å². The van der Waals surface area contributed by atoms with Gasteiger partial charge in [0.1, 0.15) is 5.76 Å². The third-order valence-corrected chi connectivity index (χ3v) is 6.51. The highest BCUT2D eigenvalue weighted by Gasteiger charge is 2.17. The highest BCUT2D eigenvalue weighted by atomic mass is 32.2. The van der Waals surface area contributed by atoms with E-state index < -0.39 is 0 Å². The lowest BCUT2D eigenvalue weighted by Crippen LogP contribution is -2.33. The fourth-order valence-corrected chi connectivity index (χ4v) is 4.61. The zero-order valence-electron chi connectivity index (χ0n) is 18.8. The number of rotatable bonds is 11. The summed E-state index contributed by atoms with van der Waals surface area (Å²) in [5.41, 5.74) is 0.408. The van der Waals surface area contributed by atoms with Gasteiger partial charge >= 0.3 is 0 Å². The molecule has 1 atom stereocenters. The minimum absolute atomic E-state index is 0.0739. The van der Waals surface area contributed by atoms with Gasteiger partial charge in [0.2, 0.25) is 11.8 Å². The number of fused-ring (bicyclic) bond motifs is 1. The fourth-order valence-electron chi connectivity index (χ4n) is 3.75. The molecule has 10 heteroatoms. The first kappa shape index (κ1) is 24.0. The van der Waals surface area contributed by atoms with E-state index in [4.69, 9.17) is 9.15 Å². The number of nitrogens with zero attached hydrogens (tertiary/aromatic N) is 2. The number of aromatic nitrogens is 2. The Morgan fingerprint density at radius 2 is 2.03 bits per heavy atom. The van der Waals surface area contributed by atoms with Crippen LogP contribution in [-0.4, -0.2) is 46.4 Å². The normalized spacial score (nSPS) is 15.5. The summed E-state index contributed by atoms with van der Waals surface area (Å²) < 4.78 is 12.3. The topological polar surface area (TPSA) is 115 Å². The summed E-state index contributed by atoms with van der Waals surface area (Å²) in [5.74, 6) is 0.564. The van der Waals surface area contributed by atoms with Crippen LogP contribution in [0.3, 0.4) is 0 Å². The number of nitrogens with one attached hydrogen (secondary N) is 2. The molecule has 2 N–H and O–H groups in total. The first-order valence-electron chi connectivity index (χ1n) is 11.4. The minimum atomic E-state index is -0.177. The van der Waals surface area contributed by atoms with E-state index in [1.165, 1.54) is 11.8 Å². The molecule has 34 heavy (non-hydrogen) atoms. The maximum Gasteiger partial charge on any atom is 0.262 e. The molecule has 0 radical (unpaired) electrons. The van der Waals surface area contributed by atoms with Gasteiger partial charge in [-0.15, -0.1) is 0 Å². The second-order valence-corrected chi connectivity index (χ2v) is 9.00. The van der Waals surface area contributed by atoms with Crippen molar-refractivity contribution in [2.24, 2.45) is 0 Å². The first-order chi connectivity index (χ1) is 16.6. The van der Waals surface area contributed by atoms with Crippen molar-refractivity contribution < 1.29 is 18.7 Å². The molecule has 180 valence electrons. The second kappa shape index (κ2) is 11.8. The lowest BCUT2D eigenvalue weighted by molar-refractivity contribution is -0.121. The van der Waals surface area contributed by atoms with E-state index in [1.54, 1.807) is 41.2 Å². The lowest BCUT2D eigenvalue weighted by Gasteiger charge is -2.14. The van der Waals surface area contributed by atoms with Gasteiger partial charge in [-0.25, -0.2) is 4.98 Å². The van der Waals surface area contributed by atoms with Crippen LogP contribution in [0.5, 0.6) is 0 Å². The van der Waals surface area contributed by atoms with Gasteiger partial charge in [0.25, 0.3) is 5.56 Å². The molecule has 3 aromatic rings. The molecule has 2 amide bonds. The number of para-hydroxylation sites is 1. The monoisotopic (exact) mass is 484 g/mol. The molecule has 2 aromatic heterocycles. The minimum Gasteiger partial charge on any atom is -0.467 e. The Hall–Kier alpha value is -3.11. The van der Waals surface area contributed by atoms with Crippen molar-refractivity contribution in [3.05, 3.63) is 58.8 Å². The number of benzene rings is 1. The van der Waals surface area contributed by atoms with Crippen molar-refractivity contribution in [1.82, 2.24) is 20.2 Å². The molecule has 0 saturated carbocycles. The van der Waals surface area contributed by atoms with Crippen molar-refractivity contribution in [2.45, 2.75) is 50.0 Å². The highest BCUT2D eigenvalue weighted by molar-refractivity contribution is 7.99. The van der Waals surface area contributed by atoms with Gasteiger partial charge in [0.05, 0.1) is 35.6 Å². The van der Waals surface area contributed by atoms with Crippen LogP contribution in [0.15, 0.2) is 57.0 Å². The van der Waals surface area contributed by atoms with Gasteiger partial charge in [0.15, 0.2) is 5.16 Å². The summed E-state index contributed by atoms with van der Waals surface area (Å²) in [7, 11) is 0. The smallest absolute Gasteiger partial charge is 0.262 e. The van der Waals surface area contributed by atoms with Crippen molar-refractivity contribution >= 4 is 34.5 Å². The molecule has 3 heterocycles. The summed E-state index contributed by atoms with van der Waals surface area (Å²) in [4.78, 5) is 42.3. The Morgan fingerprint density at radius 3 is 2.82 bits per heavy atom. The summed E-state index contributed by atoms with van der Waals surface area (Å²) in [6.45, 7) is 1.88. The molecule has 0 spiro atoms. The number of carbonyl (C=O) groups excluding carboxylic acids is 2. The summed E-state index contributed by atoms with van der Waals surface area (Å²) >= 11 is 1.22. The Bertz CT molecular complexity index is 1170. The van der Waals surface area contributed by atoms with E-state index >= 15 is 0 Å². The maximum atomic E-state index is 13.1. The summed E-state index contributed by atoms with van der Waals surface area (Å²) in [6, 6.07) is 10.7. The Balaban J connectivity index is 1.37. The van der Waals surface area contributed by atoms with Crippen LogP contribution in [0.25, 0.3) is 10.9 Å². The Morgan fingerprint density at radius 1 is 1.15 bits per heavy atom. The van der Waals surface area contributed by atoms with Crippen molar-refractivity contribution in [3.8, 4) is 0 Å². The fraction of sp³-hybridized carbons (Fsp3) is 0.417. The third kappa shape index (κ3) is 6.48. The van der Waals surface area contributed by atoms with E-state index in [2.05, 4.69) is 15.6 Å². The molecule has 4 rings (SSSR count). The van der Waals surface area contributed by atoms with E-state index in [9.17, 15) is 14.4 Å². The van der Waals surface area contributed by atoms with Crippen LogP contribution in [0.2, 0.25) is 0 Å². The highest BCUT2D eigenvalue weighted by Crippen LogP contribution is 2.18. The molecule has 1 unspecified atom stereocenters.